The molecule has 0 aromatic heterocycles. The van der Waals surface area contributed by atoms with Crippen LogP contribution < -0.4 is 15.4 Å². The number of amides is 2. The van der Waals surface area contributed by atoms with Crippen LogP contribution in [0.2, 0.25) is 0 Å². The number of rotatable bonds is 19. The number of carbonyl (C=O) groups is 3. The quantitative estimate of drug-likeness (QED) is 0.154. The van der Waals surface area contributed by atoms with Crippen LogP contribution in [0, 0.1) is 11.7 Å². The Morgan fingerprint density at radius 1 is 1.00 bits per heavy atom. The molecule has 0 saturated carbocycles. The van der Waals surface area contributed by atoms with Crippen LogP contribution in [0.3, 0.4) is 0 Å². The SMILES string of the molecule is CC(CCNC(=O)CN(C)C)CC(=O)NC(CC(O)CN(Cc1ccc(F)cc1)S(=O)(=O)NC(C)(C)C(=O)O)c1ccccc1. The average molecular weight is 652 g/mol. The van der Waals surface area contributed by atoms with Gasteiger partial charge in [-0.05, 0) is 70.0 Å². The molecule has 2 aromatic rings. The van der Waals surface area contributed by atoms with Crippen LogP contribution >= 0.6 is 0 Å². The highest BCUT2D eigenvalue weighted by atomic mass is 32.2. The first-order valence-corrected chi connectivity index (χ1v) is 16.1. The van der Waals surface area contributed by atoms with Crippen molar-refractivity contribution in [3.63, 3.8) is 0 Å². The van der Waals surface area contributed by atoms with Crippen LogP contribution in [0.5, 0.6) is 0 Å². The molecule has 3 atom stereocenters. The van der Waals surface area contributed by atoms with Crippen LogP contribution in [0.1, 0.15) is 57.2 Å². The van der Waals surface area contributed by atoms with E-state index in [1.807, 2.05) is 6.92 Å². The fourth-order valence-corrected chi connectivity index (χ4v) is 6.04. The van der Waals surface area contributed by atoms with E-state index in [4.69, 9.17) is 0 Å². The number of hydrogen-bond donors (Lipinski definition) is 5. The largest absolute Gasteiger partial charge is 0.480 e. The Morgan fingerprint density at radius 3 is 2.20 bits per heavy atom. The third-order valence-electron chi connectivity index (χ3n) is 6.94. The van der Waals surface area contributed by atoms with Gasteiger partial charge >= 0.3 is 5.97 Å². The summed E-state index contributed by atoms with van der Waals surface area (Å²) in [6, 6.07) is 13.4. The zero-order chi connectivity index (χ0) is 33.8. The standard InChI is InChI=1S/C31H46FN5O7S/c1-22(15-16-33-29(40)21-36(4)5)17-28(39)34-27(24-9-7-6-8-10-24)18-26(38)20-37(19-23-11-13-25(32)14-12-23)45(43,44)35-31(2,3)30(41)42/h6-14,22,26-27,35,38H,15-21H2,1-5H3,(H,33,40)(H,34,39)(H,41,42). The van der Waals surface area contributed by atoms with Crippen molar-refractivity contribution in [3.05, 3.63) is 71.5 Å². The van der Waals surface area contributed by atoms with Crippen LogP contribution in [0.25, 0.3) is 0 Å². The summed E-state index contributed by atoms with van der Waals surface area (Å²) >= 11 is 0. The summed E-state index contributed by atoms with van der Waals surface area (Å²) in [4.78, 5) is 38.3. The Hall–Kier alpha value is -3.43. The van der Waals surface area contributed by atoms with E-state index in [0.717, 1.165) is 4.31 Å². The number of aliphatic hydroxyl groups is 1. The monoisotopic (exact) mass is 651 g/mol. The molecule has 3 unspecified atom stereocenters. The van der Waals surface area contributed by atoms with Gasteiger partial charge in [0.2, 0.25) is 11.8 Å². The van der Waals surface area contributed by atoms with E-state index in [2.05, 4.69) is 15.4 Å². The van der Waals surface area contributed by atoms with Gasteiger partial charge in [0.05, 0.1) is 18.7 Å². The predicted molar refractivity (Wildman–Crippen MR) is 168 cm³/mol. The second kappa shape index (κ2) is 17.3. The van der Waals surface area contributed by atoms with Crippen molar-refractivity contribution in [1.29, 1.82) is 0 Å². The summed E-state index contributed by atoms with van der Waals surface area (Å²) < 4.78 is 43.3. The molecule has 14 heteroatoms. The highest BCUT2D eigenvalue weighted by molar-refractivity contribution is 7.87. The van der Waals surface area contributed by atoms with Gasteiger partial charge in [-0.2, -0.15) is 17.4 Å². The Morgan fingerprint density at radius 2 is 1.62 bits per heavy atom. The number of aliphatic carboxylic acids is 1. The Kier molecular flexibility index (Phi) is 14.5. The third kappa shape index (κ3) is 13.6. The van der Waals surface area contributed by atoms with E-state index < -0.39 is 46.2 Å². The zero-order valence-corrected chi connectivity index (χ0v) is 27.3. The van der Waals surface area contributed by atoms with Gasteiger partial charge in [-0.15, -0.1) is 0 Å². The minimum atomic E-state index is -4.46. The first-order chi connectivity index (χ1) is 21.0. The molecular weight excluding hydrogens is 605 g/mol. The molecule has 2 aromatic carbocycles. The van der Waals surface area contributed by atoms with Crippen molar-refractivity contribution >= 4 is 28.0 Å². The van der Waals surface area contributed by atoms with E-state index in [1.165, 1.54) is 38.1 Å². The second-order valence-electron chi connectivity index (χ2n) is 12.1. The lowest BCUT2D eigenvalue weighted by Gasteiger charge is -2.30. The predicted octanol–water partition coefficient (Wildman–Crippen LogP) is 2.03. The molecule has 12 nitrogen and oxygen atoms in total. The maximum atomic E-state index is 13.5. The summed E-state index contributed by atoms with van der Waals surface area (Å²) in [5.41, 5.74) is -0.731. The molecule has 0 aliphatic heterocycles. The second-order valence-corrected chi connectivity index (χ2v) is 13.7. The molecular formula is C31H46FN5O7S. The highest BCUT2D eigenvalue weighted by Gasteiger charge is 2.36. The molecule has 0 aliphatic rings. The van der Waals surface area contributed by atoms with Gasteiger partial charge in [0.25, 0.3) is 10.2 Å². The maximum Gasteiger partial charge on any atom is 0.324 e. The van der Waals surface area contributed by atoms with Gasteiger partial charge < -0.3 is 25.7 Å². The van der Waals surface area contributed by atoms with Crippen molar-refractivity contribution in [1.82, 2.24) is 24.6 Å². The summed E-state index contributed by atoms with van der Waals surface area (Å²) in [6.07, 6.45) is -0.587. The molecule has 45 heavy (non-hydrogen) atoms. The number of benzene rings is 2. The lowest BCUT2D eigenvalue weighted by atomic mass is 9.98. The van der Waals surface area contributed by atoms with Gasteiger partial charge in [0.1, 0.15) is 11.4 Å². The maximum absolute atomic E-state index is 13.5. The number of carbonyl (C=O) groups excluding carboxylic acids is 2. The van der Waals surface area contributed by atoms with E-state index in [0.29, 0.717) is 24.1 Å². The van der Waals surface area contributed by atoms with E-state index in [-0.39, 0.29) is 43.7 Å². The number of hydrogen-bond acceptors (Lipinski definition) is 7. The van der Waals surface area contributed by atoms with Crippen LogP contribution in [-0.2, 0) is 31.1 Å². The molecule has 0 aliphatic carbocycles. The van der Waals surface area contributed by atoms with Crippen molar-refractivity contribution in [3.8, 4) is 0 Å². The molecule has 0 spiro atoms. The Bertz CT molecular complexity index is 1360. The fourth-order valence-electron chi connectivity index (χ4n) is 4.49. The number of nitrogens with zero attached hydrogens (tertiary/aromatic N) is 2. The van der Waals surface area contributed by atoms with E-state index in [9.17, 15) is 37.4 Å². The van der Waals surface area contributed by atoms with Gasteiger partial charge in [0, 0.05) is 26.1 Å². The molecule has 0 saturated heterocycles. The summed E-state index contributed by atoms with van der Waals surface area (Å²) in [7, 11) is -0.866. The van der Waals surface area contributed by atoms with Gasteiger partial charge in [0.15, 0.2) is 0 Å². The zero-order valence-electron chi connectivity index (χ0n) is 26.5. The minimum Gasteiger partial charge on any atom is -0.480 e. The smallest absolute Gasteiger partial charge is 0.324 e. The van der Waals surface area contributed by atoms with Crippen molar-refractivity contribution in [2.24, 2.45) is 5.92 Å². The first-order valence-electron chi connectivity index (χ1n) is 14.7. The van der Waals surface area contributed by atoms with Crippen LogP contribution in [-0.4, -0.2) is 91.0 Å². The van der Waals surface area contributed by atoms with Gasteiger partial charge in [-0.25, -0.2) is 4.39 Å². The number of nitrogens with one attached hydrogen (secondary N) is 3. The molecule has 5 N–H and O–H groups in total. The number of carboxylic acids is 1. The summed E-state index contributed by atoms with van der Waals surface area (Å²) in [5.74, 6) is -2.34. The van der Waals surface area contributed by atoms with E-state index in [1.54, 1.807) is 49.3 Å². The Balaban J connectivity index is 2.16. The molecule has 250 valence electrons. The number of carboxylic acid groups (broad SMARTS) is 1. The molecule has 2 rings (SSSR count). The fraction of sp³-hybridized carbons (Fsp3) is 0.516. The number of aliphatic hydroxyl groups excluding tert-OH is 1. The molecule has 0 bridgehead atoms. The number of halogens is 1. The molecule has 2 amide bonds. The van der Waals surface area contributed by atoms with Crippen molar-refractivity contribution in [2.75, 3.05) is 33.7 Å². The third-order valence-corrected chi connectivity index (χ3v) is 8.67. The van der Waals surface area contributed by atoms with Crippen molar-refractivity contribution in [2.45, 2.75) is 64.3 Å². The summed E-state index contributed by atoms with van der Waals surface area (Å²) in [6.45, 7) is 4.27. The average Bonchev–Trinajstić information content (AvgIpc) is 2.92. The lowest BCUT2D eigenvalue weighted by molar-refractivity contribution is -0.142. The minimum absolute atomic E-state index is 0.0500. The first kappa shape index (κ1) is 37.8. The summed E-state index contributed by atoms with van der Waals surface area (Å²) in [5, 5.41) is 26.4. The highest BCUT2D eigenvalue weighted by Crippen LogP contribution is 2.22. The van der Waals surface area contributed by atoms with E-state index >= 15 is 0 Å². The topological polar surface area (TPSA) is 168 Å². The van der Waals surface area contributed by atoms with Crippen LogP contribution in [0.4, 0.5) is 4.39 Å². The van der Waals surface area contributed by atoms with Gasteiger partial charge in [-0.1, -0.05) is 49.4 Å². The molecule has 0 heterocycles. The number of likely N-dealkylation sites (N-methyl/N-ethyl adjacent to an activating group) is 1. The molecule has 0 fully saturated rings. The van der Waals surface area contributed by atoms with Crippen LogP contribution in [0.15, 0.2) is 54.6 Å². The van der Waals surface area contributed by atoms with Crippen molar-refractivity contribution < 1.29 is 37.4 Å². The normalized spacial score (nSPS) is 14.2. The lowest BCUT2D eigenvalue weighted by Crippen LogP contribution is -2.55. The van der Waals surface area contributed by atoms with Gasteiger partial charge in [-0.3, -0.25) is 14.4 Å². The Labute approximate surface area is 265 Å². The molecule has 0 radical (unpaired) electrons.